The van der Waals surface area contributed by atoms with Gasteiger partial charge in [0.05, 0.1) is 12.4 Å². The smallest absolute Gasteiger partial charge is 0.271 e. The Balaban J connectivity index is 1.05. The Kier molecular flexibility index (Phi) is 12.0. The summed E-state index contributed by atoms with van der Waals surface area (Å²) in [5.41, 5.74) is 11.8. The predicted molar refractivity (Wildman–Crippen MR) is 216 cm³/mol. The van der Waals surface area contributed by atoms with Crippen LogP contribution >= 0.6 is 0 Å². The molecular formula is C44H44N6O4. The van der Waals surface area contributed by atoms with Crippen molar-refractivity contribution in [2.75, 3.05) is 10.6 Å². The summed E-state index contributed by atoms with van der Waals surface area (Å²) in [5, 5.41) is 13.8. The van der Waals surface area contributed by atoms with E-state index in [4.69, 9.17) is 0 Å². The lowest BCUT2D eigenvalue weighted by Crippen LogP contribution is -2.18. The van der Waals surface area contributed by atoms with Crippen LogP contribution < -0.4 is 21.5 Å². The minimum Gasteiger partial charge on any atom is -0.322 e. The number of nitrogens with zero attached hydrogens (tertiary/aromatic N) is 2. The molecule has 0 heterocycles. The van der Waals surface area contributed by atoms with E-state index in [-0.39, 0.29) is 22.6 Å². The Morgan fingerprint density at radius 1 is 0.407 bits per heavy atom. The van der Waals surface area contributed by atoms with Crippen LogP contribution in [0.1, 0.15) is 105 Å². The van der Waals surface area contributed by atoms with E-state index in [1.54, 1.807) is 97.1 Å². The molecule has 0 aliphatic rings. The van der Waals surface area contributed by atoms with Gasteiger partial charge in [0.15, 0.2) is 0 Å². The topological polar surface area (TPSA) is 141 Å². The number of hydrogen-bond acceptors (Lipinski definition) is 6. The number of carbonyl (C=O) groups is 4. The van der Waals surface area contributed by atoms with Crippen LogP contribution in [0.2, 0.25) is 0 Å². The fraction of sp³-hybridized carbons (Fsp3) is 0.182. The minimum atomic E-state index is -0.400. The molecule has 0 unspecified atom stereocenters. The molecule has 274 valence electrons. The minimum absolute atomic E-state index is 0.000128. The first-order chi connectivity index (χ1) is 25.7. The van der Waals surface area contributed by atoms with Gasteiger partial charge in [0.25, 0.3) is 23.6 Å². The lowest BCUT2D eigenvalue weighted by molar-refractivity contribution is 0.0947. The molecule has 5 rings (SSSR count). The standard InChI is InChI=1S/C44H44N6O4/c1-43(2,3)35-19-11-31(12-20-35)39(51)47-37-23-15-33(16-24-37)41(53)49-45-27-29-7-9-30(10-8-29)28-46-50-42(54)34-17-25-38(26-18-34)48-40(52)32-13-21-36(22-14-32)44(4,5)6/h7-28H,1-6H3,(H,47,51)(H,48,52)(H,49,53)(H,50,54)/b45-27+,46-28+. The van der Waals surface area contributed by atoms with E-state index in [1.165, 1.54) is 12.4 Å². The molecule has 4 N–H and O–H groups in total. The number of carbonyl (C=O) groups excluding carboxylic acids is 4. The van der Waals surface area contributed by atoms with E-state index < -0.39 is 11.8 Å². The maximum atomic E-state index is 12.7. The van der Waals surface area contributed by atoms with Crippen molar-refractivity contribution in [3.63, 3.8) is 0 Å². The van der Waals surface area contributed by atoms with Gasteiger partial charge >= 0.3 is 0 Å². The molecule has 54 heavy (non-hydrogen) atoms. The summed E-state index contributed by atoms with van der Waals surface area (Å²) in [6.45, 7) is 12.7. The average molecular weight is 721 g/mol. The summed E-state index contributed by atoms with van der Waals surface area (Å²) in [6, 6.07) is 35.3. The Morgan fingerprint density at radius 2 is 0.685 bits per heavy atom. The van der Waals surface area contributed by atoms with E-state index in [9.17, 15) is 19.2 Å². The van der Waals surface area contributed by atoms with Crippen LogP contribution in [-0.4, -0.2) is 36.1 Å². The highest BCUT2D eigenvalue weighted by atomic mass is 16.2. The lowest BCUT2D eigenvalue weighted by atomic mass is 9.86. The van der Waals surface area contributed by atoms with Crippen LogP contribution in [0.15, 0.2) is 132 Å². The fourth-order valence-corrected chi connectivity index (χ4v) is 5.19. The molecule has 5 aromatic rings. The molecule has 4 amide bonds. The van der Waals surface area contributed by atoms with Gasteiger partial charge in [-0.15, -0.1) is 0 Å². The number of benzene rings is 5. The largest absolute Gasteiger partial charge is 0.322 e. The Morgan fingerprint density at radius 3 is 0.981 bits per heavy atom. The third-order valence-corrected chi connectivity index (χ3v) is 8.53. The van der Waals surface area contributed by atoms with Crippen LogP contribution in [0.25, 0.3) is 0 Å². The molecule has 5 aromatic carbocycles. The molecule has 0 spiro atoms. The first-order valence-electron chi connectivity index (χ1n) is 17.5. The molecule has 0 radical (unpaired) electrons. The molecule has 0 fully saturated rings. The van der Waals surface area contributed by atoms with Gasteiger partial charge in [0.1, 0.15) is 0 Å². The Labute approximate surface area is 315 Å². The van der Waals surface area contributed by atoms with Crippen molar-refractivity contribution in [1.82, 2.24) is 10.9 Å². The van der Waals surface area contributed by atoms with E-state index in [1.807, 2.05) is 24.3 Å². The number of nitrogens with one attached hydrogen (secondary N) is 4. The zero-order valence-electron chi connectivity index (χ0n) is 31.2. The van der Waals surface area contributed by atoms with Crippen molar-refractivity contribution in [3.05, 3.63) is 166 Å². The first-order valence-corrected chi connectivity index (χ1v) is 17.5. The quantitative estimate of drug-likeness (QED) is 0.0851. The van der Waals surface area contributed by atoms with Crippen LogP contribution in [0.3, 0.4) is 0 Å². The molecule has 10 heteroatoms. The number of anilines is 2. The van der Waals surface area contributed by atoms with Crippen molar-refractivity contribution in [3.8, 4) is 0 Å². The predicted octanol–water partition coefficient (Wildman–Crippen LogP) is 8.31. The van der Waals surface area contributed by atoms with Crippen molar-refractivity contribution in [2.45, 2.75) is 52.4 Å². The molecular weight excluding hydrogens is 677 g/mol. The SMILES string of the molecule is CC(C)(C)c1ccc(C(=O)Nc2ccc(C(=O)N/N=C/c3ccc(/C=N/NC(=O)c4ccc(NC(=O)c5ccc(C(C)(C)C)cc5)cc4)cc3)cc2)cc1. The zero-order chi connectivity index (χ0) is 38.9. The van der Waals surface area contributed by atoms with Crippen molar-refractivity contribution >= 4 is 47.4 Å². The van der Waals surface area contributed by atoms with Crippen molar-refractivity contribution in [2.24, 2.45) is 10.2 Å². The first kappa shape index (κ1) is 38.5. The summed E-state index contributed by atoms with van der Waals surface area (Å²) in [5.74, 6) is -1.27. The molecule has 0 saturated heterocycles. The monoisotopic (exact) mass is 720 g/mol. The summed E-state index contributed by atoms with van der Waals surface area (Å²) >= 11 is 0. The third-order valence-electron chi connectivity index (χ3n) is 8.53. The number of amides is 4. The summed E-state index contributed by atoms with van der Waals surface area (Å²) in [7, 11) is 0. The number of rotatable bonds is 10. The Hall–Kier alpha value is -6.68. The van der Waals surface area contributed by atoms with Crippen LogP contribution in [0.5, 0.6) is 0 Å². The number of hydrogen-bond donors (Lipinski definition) is 4. The van der Waals surface area contributed by atoms with Gasteiger partial charge in [-0.05, 0) is 106 Å². The van der Waals surface area contributed by atoms with Gasteiger partial charge in [0.2, 0.25) is 0 Å². The van der Waals surface area contributed by atoms with Gasteiger partial charge in [-0.2, -0.15) is 10.2 Å². The second kappa shape index (κ2) is 16.8. The highest BCUT2D eigenvalue weighted by Crippen LogP contribution is 2.24. The second-order valence-corrected chi connectivity index (χ2v) is 14.8. The van der Waals surface area contributed by atoms with E-state index in [0.29, 0.717) is 33.6 Å². The van der Waals surface area contributed by atoms with Crippen LogP contribution in [-0.2, 0) is 10.8 Å². The molecule has 0 aliphatic carbocycles. The normalized spacial score (nSPS) is 11.7. The van der Waals surface area contributed by atoms with Gasteiger partial charge in [0, 0.05) is 33.6 Å². The highest BCUT2D eigenvalue weighted by Gasteiger charge is 2.16. The Bertz CT molecular complexity index is 2000. The van der Waals surface area contributed by atoms with E-state index in [2.05, 4.69) is 73.2 Å². The maximum Gasteiger partial charge on any atom is 0.271 e. The average Bonchev–Trinajstić information content (AvgIpc) is 3.15. The fourth-order valence-electron chi connectivity index (χ4n) is 5.19. The van der Waals surface area contributed by atoms with E-state index in [0.717, 1.165) is 22.3 Å². The molecule has 0 aromatic heterocycles. The summed E-state index contributed by atoms with van der Waals surface area (Å²) in [4.78, 5) is 50.5. The lowest BCUT2D eigenvalue weighted by Gasteiger charge is -2.19. The molecule has 0 atom stereocenters. The van der Waals surface area contributed by atoms with Gasteiger partial charge < -0.3 is 10.6 Å². The summed E-state index contributed by atoms with van der Waals surface area (Å²) < 4.78 is 0. The molecule has 0 aliphatic heterocycles. The van der Waals surface area contributed by atoms with E-state index >= 15 is 0 Å². The molecule has 0 bridgehead atoms. The zero-order valence-corrected chi connectivity index (χ0v) is 31.2. The maximum absolute atomic E-state index is 12.7. The molecule has 0 saturated carbocycles. The van der Waals surface area contributed by atoms with Crippen molar-refractivity contribution in [1.29, 1.82) is 0 Å². The van der Waals surface area contributed by atoms with Gasteiger partial charge in [-0.25, -0.2) is 10.9 Å². The van der Waals surface area contributed by atoms with Crippen LogP contribution in [0.4, 0.5) is 11.4 Å². The van der Waals surface area contributed by atoms with Gasteiger partial charge in [-0.1, -0.05) is 90.1 Å². The second-order valence-electron chi connectivity index (χ2n) is 14.8. The summed E-state index contributed by atoms with van der Waals surface area (Å²) in [6.07, 6.45) is 3.02. The highest BCUT2D eigenvalue weighted by molar-refractivity contribution is 6.05. The van der Waals surface area contributed by atoms with Crippen molar-refractivity contribution < 1.29 is 19.2 Å². The third kappa shape index (κ3) is 10.7. The van der Waals surface area contributed by atoms with Gasteiger partial charge in [-0.3, -0.25) is 19.2 Å². The molecule has 10 nitrogen and oxygen atoms in total. The van der Waals surface area contributed by atoms with Crippen LogP contribution in [0, 0.1) is 0 Å². The number of hydrazone groups is 2.